The van der Waals surface area contributed by atoms with Gasteiger partial charge in [-0.15, -0.1) is 11.8 Å². The number of nitrogens with one attached hydrogen (secondary N) is 1. The number of carbonyl (C=O) groups excluding carboxylic acids is 1. The van der Waals surface area contributed by atoms with E-state index < -0.39 is 0 Å². The van der Waals surface area contributed by atoms with Crippen molar-refractivity contribution in [1.29, 1.82) is 0 Å². The van der Waals surface area contributed by atoms with Gasteiger partial charge in [0.2, 0.25) is 0 Å². The van der Waals surface area contributed by atoms with E-state index in [2.05, 4.69) is 10.3 Å². The van der Waals surface area contributed by atoms with Crippen LogP contribution in [0.15, 0.2) is 47.5 Å². The van der Waals surface area contributed by atoms with E-state index in [0.717, 1.165) is 29.4 Å². The van der Waals surface area contributed by atoms with Crippen molar-refractivity contribution in [1.82, 2.24) is 9.88 Å². The number of thioether (sulfide) groups is 1. The fourth-order valence-corrected chi connectivity index (χ4v) is 2.75. The highest BCUT2D eigenvalue weighted by Gasteiger charge is 2.07. The fourth-order valence-electron chi connectivity index (χ4n) is 1.89. The first-order chi connectivity index (χ1) is 11.1. The van der Waals surface area contributed by atoms with Gasteiger partial charge in [0.1, 0.15) is 11.6 Å². The molecule has 1 N–H and O–H groups in total. The highest BCUT2D eigenvalue weighted by molar-refractivity contribution is 7.99. The Kier molecular flexibility index (Phi) is 6.40. The van der Waals surface area contributed by atoms with Gasteiger partial charge < -0.3 is 10.2 Å². The number of aromatic nitrogens is 1. The Hall–Kier alpha value is -2.08. The molecule has 0 saturated heterocycles. The van der Waals surface area contributed by atoms with E-state index in [1.54, 1.807) is 50.3 Å². The molecule has 4 nitrogen and oxygen atoms in total. The molecule has 1 aromatic heterocycles. The van der Waals surface area contributed by atoms with Gasteiger partial charge in [-0.05, 0) is 48.6 Å². The van der Waals surface area contributed by atoms with E-state index in [-0.39, 0.29) is 11.7 Å². The Morgan fingerprint density at radius 3 is 2.57 bits per heavy atom. The Balaban J connectivity index is 1.70. The first kappa shape index (κ1) is 17.3. The summed E-state index contributed by atoms with van der Waals surface area (Å²) in [5.41, 5.74) is 0.576. The van der Waals surface area contributed by atoms with Crippen LogP contribution in [0.25, 0.3) is 0 Å². The predicted molar refractivity (Wildman–Crippen MR) is 92.5 cm³/mol. The van der Waals surface area contributed by atoms with Crippen molar-refractivity contribution < 1.29 is 9.18 Å². The van der Waals surface area contributed by atoms with Crippen LogP contribution in [-0.4, -0.2) is 42.2 Å². The number of amides is 1. The first-order valence-corrected chi connectivity index (χ1v) is 8.35. The lowest BCUT2D eigenvalue weighted by Crippen LogP contribution is -2.21. The highest BCUT2D eigenvalue weighted by Crippen LogP contribution is 2.18. The molecular weight excluding hydrogens is 313 g/mol. The van der Waals surface area contributed by atoms with E-state index in [1.807, 2.05) is 6.07 Å². The molecular formula is C17H20FN3OS. The van der Waals surface area contributed by atoms with Crippen molar-refractivity contribution >= 4 is 23.5 Å². The maximum absolute atomic E-state index is 12.8. The molecule has 1 heterocycles. The standard InChI is InChI=1S/C17H20FN3OS/c1-21(2)17(22)13-4-9-16(20-12-13)19-10-3-11-23-15-7-5-14(18)6-8-15/h4-9,12H,3,10-11H2,1-2H3,(H,19,20). The van der Waals surface area contributed by atoms with Gasteiger partial charge in [0, 0.05) is 31.7 Å². The summed E-state index contributed by atoms with van der Waals surface area (Å²) in [6, 6.07) is 10.1. The summed E-state index contributed by atoms with van der Waals surface area (Å²) >= 11 is 1.70. The molecule has 23 heavy (non-hydrogen) atoms. The summed E-state index contributed by atoms with van der Waals surface area (Å²) in [6.45, 7) is 0.794. The zero-order chi connectivity index (χ0) is 16.7. The lowest BCUT2D eigenvalue weighted by atomic mass is 10.2. The normalized spacial score (nSPS) is 10.4. The van der Waals surface area contributed by atoms with Crippen molar-refractivity contribution in [3.63, 3.8) is 0 Å². The summed E-state index contributed by atoms with van der Waals surface area (Å²) in [5, 5.41) is 3.23. The molecule has 0 spiro atoms. The van der Waals surface area contributed by atoms with E-state index >= 15 is 0 Å². The van der Waals surface area contributed by atoms with Crippen molar-refractivity contribution in [3.05, 3.63) is 54.0 Å². The second-order valence-corrected chi connectivity index (χ2v) is 6.38. The monoisotopic (exact) mass is 333 g/mol. The van der Waals surface area contributed by atoms with Gasteiger partial charge in [0.15, 0.2) is 0 Å². The topological polar surface area (TPSA) is 45.2 Å². The number of rotatable bonds is 7. The molecule has 0 fully saturated rings. The number of halogens is 1. The number of pyridine rings is 1. The molecule has 1 amide bonds. The molecule has 2 aromatic rings. The van der Waals surface area contributed by atoms with Crippen LogP contribution in [0.4, 0.5) is 10.2 Å². The molecule has 1 aromatic carbocycles. The van der Waals surface area contributed by atoms with Gasteiger partial charge in [0.25, 0.3) is 5.91 Å². The van der Waals surface area contributed by atoms with E-state index in [9.17, 15) is 9.18 Å². The molecule has 0 bridgehead atoms. The zero-order valence-electron chi connectivity index (χ0n) is 13.3. The summed E-state index contributed by atoms with van der Waals surface area (Å²) in [7, 11) is 3.43. The molecule has 0 aliphatic carbocycles. The van der Waals surface area contributed by atoms with Crippen molar-refractivity contribution in [2.24, 2.45) is 0 Å². The minimum atomic E-state index is -0.210. The first-order valence-electron chi connectivity index (χ1n) is 7.36. The van der Waals surface area contributed by atoms with Crippen LogP contribution >= 0.6 is 11.8 Å². The lowest BCUT2D eigenvalue weighted by Gasteiger charge is -2.10. The number of benzene rings is 1. The lowest BCUT2D eigenvalue weighted by molar-refractivity contribution is 0.0827. The average molecular weight is 333 g/mol. The maximum Gasteiger partial charge on any atom is 0.254 e. The number of nitrogens with zero attached hydrogens (tertiary/aromatic N) is 2. The van der Waals surface area contributed by atoms with Gasteiger partial charge in [-0.3, -0.25) is 4.79 Å². The third-order valence-corrected chi connectivity index (χ3v) is 4.22. The van der Waals surface area contributed by atoms with Gasteiger partial charge in [-0.1, -0.05) is 0 Å². The molecule has 0 aliphatic heterocycles. The third kappa shape index (κ3) is 5.56. The smallest absolute Gasteiger partial charge is 0.254 e. The molecule has 0 radical (unpaired) electrons. The maximum atomic E-state index is 12.8. The van der Waals surface area contributed by atoms with Crippen LogP contribution in [0.2, 0.25) is 0 Å². The van der Waals surface area contributed by atoms with Gasteiger partial charge >= 0.3 is 0 Å². The number of hydrogen-bond acceptors (Lipinski definition) is 4. The van der Waals surface area contributed by atoms with Crippen LogP contribution in [0.1, 0.15) is 16.8 Å². The van der Waals surface area contributed by atoms with Crippen LogP contribution < -0.4 is 5.32 Å². The van der Waals surface area contributed by atoms with Crippen LogP contribution in [-0.2, 0) is 0 Å². The largest absolute Gasteiger partial charge is 0.370 e. The summed E-state index contributed by atoms with van der Waals surface area (Å²) in [6.07, 6.45) is 2.54. The molecule has 0 aliphatic rings. The van der Waals surface area contributed by atoms with Crippen molar-refractivity contribution in [2.75, 3.05) is 31.7 Å². The van der Waals surface area contributed by atoms with Crippen LogP contribution in [0.5, 0.6) is 0 Å². The molecule has 0 unspecified atom stereocenters. The second-order valence-electron chi connectivity index (χ2n) is 5.21. The van der Waals surface area contributed by atoms with Gasteiger partial charge in [-0.25, -0.2) is 9.37 Å². The average Bonchev–Trinajstić information content (AvgIpc) is 2.56. The Morgan fingerprint density at radius 2 is 1.96 bits per heavy atom. The molecule has 2 rings (SSSR count). The molecule has 6 heteroatoms. The van der Waals surface area contributed by atoms with Gasteiger partial charge in [0.05, 0.1) is 5.56 Å². The highest BCUT2D eigenvalue weighted by atomic mass is 32.2. The number of hydrogen-bond donors (Lipinski definition) is 1. The minimum Gasteiger partial charge on any atom is -0.370 e. The quantitative estimate of drug-likeness (QED) is 0.622. The Labute approximate surface area is 140 Å². The predicted octanol–water partition coefficient (Wildman–Crippen LogP) is 3.52. The summed E-state index contributed by atoms with van der Waals surface area (Å²) < 4.78 is 12.8. The second kappa shape index (κ2) is 8.53. The Bertz CT molecular complexity index is 629. The molecule has 0 atom stereocenters. The third-order valence-electron chi connectivity index (χ3n) is 3.13. The fraction of sp³-hybridized carbons (Fsp3) is 0.294. The zero-order valence-corrected chi connectivity index (χ0v) is 14.1. The van der Waals surface area contributed by atoms with E-state index in [4.69, 9.17) is 0 Å². The number of carbonyl (C=O) groups is 1. The Morgan fingerprint density at radius 1 is 1.22 bits per heavy atom. The summed E-state index contributed by atoms with van der Waals surface area (Å²) in [4.78, 5) is 18.6. The van der Waals surface area contributed by atoms with Crippen LogP contribution in [0, 0.1) is 5.82 Å². The summed E-state index contributed by atoms with van der Waals surface area (Å²) in [5.74, 6) is 1.43. The van der Waals surface area contributed by atoms with E-state index in [0.29, 0.717) is 5.56 Å². The number of anilines is 1. The molecule has 122 valence electrons. The van der Waals surface area contributed by atoms with Gasteiger partial charge in [-0.2, -0.15) is 0 Å². The minimum absolute atomic E-state index is 0.0558. The van der Waals surface area contributed by atoms with Crippen LogP contribution in [0.3, 0.4) is 0 Å². The van der Waals surface area contributed by atoms with Crippen molar-refractivity contribution in [3.8, 4) is 0 Å². The van der Waals surface area contributed by atoms with Crippen molar-refractivity contribution in [2.45, 2.75) is 11.3 Å². The van der Waals surface area contributed by atoms with E-state index in [1.165, 1.54) is 17.0 Å². The SMILES string of the molecule is CN(C)C(=O)c1ccc(NCCCSc2ccc(F)cc2)nc1. The molecule has 0 saturated carbocycles.